The van der Waals surface area contributed by atoms with Crippen molar-refractivity contribution < 1.29 is 4.74 Å². The number of anilines is 1. The van der Waals surface area contributed by atoms with Crippen molar-refractivity contribution >= 4 is 11.3 Å². The molecule has 3 aromatic rings. The van der Waals surface area contributed by atoms with Gasteiger partial charge < -0.3 is 14.6 Å². The van der Waals surface area contributed by atoms with Gasteiger partial charge in [0.1, 0.15) is 12.7 Å². The Labute approximate surface area is 133 Å². The molecule has 0 amide bonds. The topological polar surface area (TPSA) is 95.0 Å². The highest BCUT2D eigenvalue weighted by atomic mass is 16.5. The molecular weight excluding hydrogens is 296 g/mol. The largest absolute Gasteiger partial charge is 0.383 e. The lowest BCUT2D eigenvalue weighted by Crippen LogP contribution is -2.16. The summed E-state index contributed by atoms with van der Waals surface area (Å²) in [4.78, 5) is 0. The van der Waals surface area contributed by atoms with Gasteiger partial charge in [0.05, 0.1) is 24.0 Å². The van der Waals surface area contributed by atoms with Crippen LogP contribution in [0.15, 0.2) is 18.7 Å². The number of aromatic nitrogens is 7. The van der Waals surface area contributed by atoms with E-state index in [0.29, 0.717) is 18.8 Å². The fourth-order valence-electron chi connectivity index (χ4n) is 2.42. The van der Waals surface area contributed by atoms with Crippen LogP contribution in [0.2, 0.25) is 0 Å². The number of nitrogens with zero attached hydrogens (tertiary/aromatic N) is 7. The first-order chi connectivity index (χ1) is 11.2. The summed E-state index contributed by atoms with van der Waals surface area (Å²) < 4.78 is 8.78. The molecule has 0 bridgehead atoms. The quantitative estimate of drug-likeness (QED) is 0.697. The van der Waals surface area contributed by atoms with E-state index in [9.17, 15) is 0 Å². The van der Waals surface area contributed by atoms with E-state index in [1.54, 1.807) is 24.3 Å². The lowest BCUT2D eigenvalue weighted by Gasteiger charge is -2.16. The van der Waals surface area contributed by atoms with E-state index in [4.69, 9.17) is 4.74 Å². The fourth-order valence-corrected chi connectivity index (χ4v) is 2.42. The minimum absolute atomic E-state index is 0.0398. The molecule has 0 radical (unpaired) electrons. The number of fused-ring (bicyclic) bond motifs is 1. The summed E-state index contributed by atoms with van der Waals surface area (Å²) in [7, 11) is 1.68. The van der Waals surface area contributed by atoms with Gasteiger partial charge in [0.2, 0.25) is 5.65 Å². The first-order valence-electron chi connectivity index (χ1n) is 7.56. The predicted molar refractivity (Wildman–Crippen MR) is 84.1 cm³/mol. The van der Waals surface area contributed by atoms with Gasteiger partial charge in [-0.15, -0.1) is 20.4 Å². The Kier molecular flexibility index (Phi) is 4.47. The van der Waals surface area contributed by atoms with Crippen LogP contribution in [0.1, 0.15) is 31.4 Å². The van der Waals surface area contributed by atoms with Gasteiger partial charge in [-0.2, -0.15) is 9.61 Å². The molecule has 9 heteroatoms. The molecule has 0 aromatic carbocycles. The third-order valence-electron chi connectivity index (χ3n) is 3.62. The van der Waals surface area contributed by atoms with Crippen LogP contribution in [-0.4, -0.2) is 48.3 Å². The Bertz CT molecular complexity index is 780. The van der Waals surface area contributed by atoms with Crippen LogP contribution in [0.25, 0.3) is 5.65 Å². The molecule has 0 fully saturated rings. The van der Waals surface area contributed by atoms with E-state index in [1.807, 2.05) is 17.6 Å². The van der Waals surface area contributed by atoms with Crippen LogP contribution in [0.4, 0.5) is 5.69 Å². The standard InChI is InChI=1S/C14H20N8O/c1-4-11-7-12(14-19-16-9-22(14)20-11)17-10(2)13-18-15-8-21(13)5-6-23-3/h7-10,17H,4-6H2,1-3H3. The predicted octanol–water partition coefficient (Wildman–Crippen LogP) is 1.10. The van der Waals surface area contributed by atoms with Crippen molar-refractivity contribution in [3.8, 4) is 0 Å². The lowest BCUT2D eigenvalue weighted by atomic mass is 10.2. The number of aryl methyl sites for hydroxylation is 1. The second-order valence-electron chi connectivity index (χ2n) is 5.24. The summed E-state index contributed by atoms with van der Waals surface area (Å²) in [6.07, 6.45) is 4.15. The summed E-state index contributed by atoms with van der Waals surface area (Å²) in [5.41, 5.74) is 2.54. The Morgan fingerprint density at radius 2 is 2.09 bits per heavy atom. The Morgan fingerprint density at radius 1 is 1.26 bits per heavy atom. The van der Waals surface area contributed by atoms with Gasteiger partial charge in [-0.3, -0.25) is 0 Å². The van der Waals surface area contributed by atoms with Gasteiger partial charge >= 0.3 is 0 Å². The van der Waals surface area contributed by atoms with Gasteiger partial charge in [0, 0.05) is 13.7 Å². The zero-order chi connectivity index (χ0) is 16.2. The van der Waals surface area contributed by atoms with E-state index in [1.165, 1.54) is 0 Å². The first kappa shape index (κ1) is 15.3. The van der Waals surface area contributed by atoms with Crippen LogP contribution in [0, 0.1) is 0 Å². The van der Waals surface area contributed by atoms with Gasteiger partial charge in [-0.1, -0.05) is 6.92 Å². The van der Waals surface area contributed by atoms with Gasteiger partial charge in [0.15, 0.2) is 5.82 Å². The number of hydrogen-bond donors (Lipinski definition) is 1. The van der Waals surface area contributed by atoms with Crippen molar-refractivity contribution in [3.63, 3.8) is 0 Å². The molecule has 0 aliphatic heterocycles. The summed E-state index contributed by atoms with van der Waals surface area (Å²) in [6.45, 7) is 5.42. The molecular formula is C14H20N8O. The highest BCUT2D eigenvalue weighted by Gasteiger charge is 2.16. The zero-order valence-corrected chi connectivity index (χ0v) is 13.5. The Morgan fingerprint density at radius 3 is 2.87 bits per heavy atom. The highest BCUT2D eigenvalue weighted by Crippen LogP contribution is 2.21. The van der Waals surface area contributed by atoms with Crippen molar-refractivity contribution in [3.05, 3.63) is 30.2 Å². The van der Waals surface area contributed by atoms with Crippen LogP contribution in [0.5, 0.6) is 0 Å². The number of methoxy groups -OCH3 is 1. The molecule has 23 heavy (non-hydrogen) atoms. The van der Waals surface area contributed by atoms with E-state index in [0.717, 1.165) is 23.6 Å². The molecule has 3 rings (SSSR count). The fraction of sp³-hybridized carbons (Fsp3) is 0.500. The summed E-state index contributed by atoms with van der Waals surface area (Å²) >= 11 is 0. The minimum Gasteiger partial charge on any atom is -0.383 e. The van der Waals surface area contributed by atoms with Gasteiger partial charge in [-0.05, 0) is 19.4 Å². The monoisotopic (exact) mass is 316 g/mol. The third kappa shape index (κ3) is 3.14. The van der Waals surface area contributed by atoms with Crippen molar-refractivity contribution in [2.75, 3.05) is 19.0 Å². The summed E-state index contributed by atoms with van der Waals surface area (Å²) in [6, 6.07) is 1.96. The molecule has 9 nitrogen and oxygen atoms in total. The highest BCUT2D eigenvalue weighted by molar-refractivity contribution is 5.67. The maximum absolute atomic E-state index is 5.12. The normalized spacial score (nSPS) is 12.7. The second kappa shape index (κ2) is 6.69. The molecule has 3 aromatic heterocycles. The number of nitrogens with one attached hydrogen (secondary N) is 1. The van der Waals surface area contributed by atoms with Crippen LogP contribution in [-0.2, 0) is 17.7 Å². The number of hydrogen-bond acceptors (Lipinski definition) is 7. The van der Waals surface area contributed by atoms with E-state index >= 15 is 0 Å². The van der Waals surface area contributed by atoms with Crippen molar-refractivity contribution in [1.82, 2.24) is 34.6 Å². The molecule has 3 heterocycles. The minimum atomic E-state index is -0.0398. The van der Waals surface area contributed by atoms with Crippen LogP contribution >= 0.6 is 0 Å². The maximum atomic E-state index is 5.12. The number of rotatable bonds is 7. The SMILES string of the molecule is CCc1cc(NC(C)c2nncn2CCOC)c2nncn2n1. The van der Waals surface area contributed by atoms with E-state index in [2.05, 4.69) is 37.7 Å². The average molecular weight is 316 g/mol. The Balaban J connectivity index is 1.87. The molecule has 1 N–H and O–H groups in total. The zero-order valence-electron chi connectivity index (χ0n) is 13.5. The molecule has 1 atom stereocenters. The summed E-state index contributed by atoms with van der Waals surface area (Å²) in [5, 5.41) is 24.1. The smallest absolute Gasteiger partial charge is 0.200 e. The second-order valence-corrected chi connectivity index (χ2v) is 5.24. The van der Waals surface area contributed by atoms with E-state index < -0.39 is 0 Å². The third-order valence-corrected chi connectivity index (χ3v) is 3.62. The molecule has 0 saturated carbocycles. The Hall–Kier alpha value is -2.55. The van der Waals surface area contributed by atoms with E-state index in [-0.39, 0.29) is 6.04 Å². The maximum Gasteiger partial charge on any atom is 0.200 e. The van der Waals surface area contributed by atoms with Crippen LogP contribution < -0.4 is 5.32 Å². The average Bonchev–Trinajstić information content (AvgIpc) is 3.21. The van der Waals surface area contributed by atoms with Gasteiger partial charge in [-0.25, -0.2) is 0 Å². The molecule has 0 aliphatic rings. The van der Waals surface area contributed by atoms with Crippen molar-refractivity contribution in [2.24, 2.45) is 0 Å². The lowest BCUT2D eigenvalue weighted by molar-refractivity contribution is 0.186. The van der Waals surface area contributed by atoms with Crippen LogP contribution in [0.3, 0.4) is 0 Å². The molecule has 0 aliphatic carbocycles. The number of ether oxygens (including phenoxy) is 1. The molecule has 122 valence electrons. The van der Waals surface area contributed by atoms with Gasteiger partial charge in [0.25, 0.3) is 0 Å². The molecule has 1 unspecified atom stereocenters. The van der Waals surface area contributed by atoms with Crippen molar-refractivity contribution in [1.29, 1.82) is 0 Å². The summed E-state index contributed by atoms with van der Waals surface area (Å²) in [5.74, 6) is 0.842. The molecule has 0 spiro atoms. The molecule has 0 saturated heterocycles. The first-order valence-corrected chi connectivity index (χ1v) is 7.56. The van der Waals surface area contributed by atoms with Crippen molar-refractivity contribution in [2.45, 2.75) is 32.9 Å².